The van der Waals surface area contributed by atoms with Gasteiger partial charge in [0.05, 0.1) is 20.1 Å². The fraction of sp³-hybridized carbons (Fsp3) is 0.483. The molecule has 9 nitrogen and oxygen atoms in total. The average molecular weight is 538 g/mol. The molecule has 0 radical (unpaired) electrons. The van der Waals surface area contributed by atoms with Crippen molar-refractivity contribution in [2.75, 3.05) is 20.8 Å². The highest BCUT2D eigenvalue weighted by Gasteiger charge is 2.50. The fourth-order valence-corrected chi connectivity index (χ4v) is 5.88. The number of hydrazone groups is 1. The SMILES string of the molecule is COc1ccc(CCNC(=O)CCC2=NNC3N(Cc4ccc(F)cc4)C(=O)C4CCCCC4N23)cc1OC. The zero-order valence-corrected chi connectivity index (χ0v) is 22.5. The van der Waals surface area contributed by atoms with Crippen LogP contribution in [0.2, 0.25) is 0 Å². The number of amidine groups is 1. The molecule has 2 aliphatic heterocycles. The Morgan fingerprint density at radius 3 is 2.56 bits per heavy atom. The molecule has 2 amide bonds. The number of carbonyl (C=O) groups is 2. The van der Waals surface area contributed by atoms with E-state index in [-0.39, 0.29) is 29.6 Å². The van der Waals surface area contributed by atoms with Gasteiger partial charge in [0.25, 0.3) is 0 Å². The first-order valence-corrected chi connectivity index (χ1v) is 13.6. The Kier molecular flexibility index (Phi) is 8.18. The van der Waals surface area contributed by atoms with Crippen LogP contribution < -0.4 is 20.2 Å². The molecular formula is C29H36FN5O4. The number of rotatable bonds is 10. The smallest absolute Gasteiger partial charge is 0.231 e. The van der Waals surface area contributed by atoms with Crippen LogP contribution in [0.1, 0.15) is 49.7 Å². The standard InChI is InChI=1S/C29H36FN5O4/c1-38-24-12-9-19(17-25(24)39-2)15-16-31-27(36)14-13-26-32-33-29-34(18-20-7-10-21(30)11-8-20)28(37)22-5-3-4-6-23(22)35(26)29/h7-12,17,22-23,29,33H,3-6,13-16,18H2,1-2H3,(H,31,36). The Balaban J connectivity index is 1.19. The topological polar surface area (TPSA) is 95.5 Å². The van der Waals surface area contributed by atoms with E-state index in [1.807, 2.05) is 18.2 Å². The number of nitrogens with one attached hydrogen (secondary N) is 2. The zero-order valence-electron chi connectivity index (χ0n) is 22.5. The second kappa shape index (κ2) is 11.9. The lowest BCUT2D eigenvalue weighted by atomic mass is 9.80. The molecule has 3 unspecified atom stereocenters. The number of nitrogens with zero attached hydrogens (tertiary/aromatic N) is 3. The number of hydrogen-bond acceptors (Lipinski definition) is 7. The minimum absolute atomic E-state index is 0.0434. The van der Waals surface area contributed by atoms with Gasteiger partial charge in [-0.2, -0.15) is 5.10 Å². The molecule has 39 heavy (non-hydrogen) atoms. The number of methoxy groups -OCH3 is 2. The highest BCUT2D eigenvalue weighted by molar-refractivity contribution is 5.91. The number of carbonyl (C=O) groups excluding carboxylic acids is 2. The highest BCUT2D eigenvalue weighted by Crippen LogP contribution is 2.38. The number of benzene rings is 2. The van der Waals surface area contributed by atoms with Gasteiger partial charge in [0, 0.05) is 32.0 Å². The number of ether oxygens (including phenoxy) is 2. The Bertz CT molecular complexity index is 1220. The van der Waals surface area contributed by atoms with E-state index in [1.165, 1.54) is 12.1 Å². The minimum atomic E-state index is -0.398. The summed E-state index contributed by atoms with van der Waals surface area (Å²) in [5.41, 5.74) is 5.06. The van der Waals surface area contributed by atoms with Crippen molar-refractivity contribution in [1.82, 2.24) is 20.5 Å². The van der Waals surface area contributed by atoms with Crippen LogP contribution in [-0.4, -0.2) is 60.5 Å². The summed E-state index contributed by atoms with van der Waals surface area (Å²) >= 11 is 0. The third kappa shape index (κ3) is 5.79. The van der Waals surface area contributed by atoms with Crippen molar-refractivity contribution >= 4 is 17.6 Å². The van der Waals surface area contributed by atoms with Crippen molar-refractivity contribution in [2.45, 2.75) is 63.8 Å². The molecule has 1 aliphatic carbocycles. The Morgan fingerprint density at radius 1 is 1.05 bits per heavy atom. The van der Waals surface area contributed by atoms with E-state index in [0.29, 0.717) is 43.9 Å². The van der Waals surface area contributed by atoms with Gasteiger partial charge in [0.15, 0.2) is 17.8 Å². The van der Waals surface area contributed by atoms with Crippen LogP contribution in [0.5, 0.6) is 11.5 Å². The van der Waals surface area contributed by atoms with Crippen LogP contribution in [0.15, 0.2) is 47.6 Å². The maximum absolute atomic E-state index is 13.5. The van der Waals surface area contributed by atoms with Crippen LogP contribution >= 0.6 is 0 Å². The Morgan fingerprint density at radius 2 is 1.79 bits per heavy atom. The van der Waals surface area contributed by atoms with Crippen LogP contribution in [0, 0.1) is 11.7 Å². The predicted octanol–water partition coefficient (Wildman–Crippen LogP) is 3.39. The monoisotopic (exact) mass is 537 g/mol. The average Bonchev–Trinajstić information content (AvgIpc) is 3.39. The number of fused-ring (bicyclic) bond motifs is 3. The van der Waals surface area contributed by atoms with Crippen LogP contribution in [0.25, 0.3) is 0 Å². The summed E-state index contributed by atoms with van der Waals surface area (Å²) < 4.78 is 24.1. The van der Waals surface area contributed by atoms with Gasteiger partial charge in [-0.3, -0.25) is 19.9 Å². The van der Waals surface area contributed by atoms with Crippen molar-refractivity contribution in [2.24, 2.45) is 11.0 Å². The molecule has 2 heterocycles. The largest absolute Gasteiger partial charge is 0.493 e. The molecule has 208 valence electrons. The molecule has 2 aromatic rings. The van der Waals surface area contributed by atoms with Crippen molar-refractivity contribution in [3.8, 4) is 11.5 Å². The maximum atomic E-state index is 13.5. The number of amides is 2. The van der Waals surface area contributed by atoms with Gasteiger partial charge in [0.1, 0.15) is 11.7 Å². The molecule has 0 bridgehead atoms. The van der Waals surface area contributed by atoms with E-state index in [0.717, 1.165) is 42.6 Å². The quantitative estimate of drug-likeness (QED) is 0.483. The van der Waals surface area contributed by atoms with Crippen LogP contribution in [-0.2, 0) is 22.6 Å². The van der Waals surface area contributed by atoms with Crippen LogP contribution in [0.3, 0.4) is 0 Å². The molecule has 3 aliphatic rings. The van der Waals surface area contributed by atoms with Crippen molar-refractivity contribution < 1.29 is 23.5 Å². The summed E-state index contributed by atoms with van der Waals surface area (Å²) in [5, 5.41) is 7.58. The Hall–Kier alpha value is -3.82. The number of hydrogen-bond donors (Lipinski definition) is 2. The summed E-state index contributed by atoms with van der Waals surface area (Å²) in [4.78, 5) is 30.2. The van der Waals surface area contributed by atoms with E-state index in [2.05, 4.69) is 20.7 Å². The van der Waals surface area contributed by atoms with Crippen molar-refractivity contribution in [1.29, 1.82) is 0 Å². The molecule has 2 fully saturated rings. The second-order valence-electron chi connectivity index (χ2n) is 10.3. The molecule has 2 aromatic carbocycles. The summed E-state index contributed by atoms with van der Waals surface area (Å²) in [6.07, 6.45) is 4.92. The molecule has 0 spiro atoms. The first kappa shape index (κ1) is 26.8. The molecule has 0 aromatic heterocycles. The molecule has 2 N–H and O–H groups in total. The van der Waals surface area contributed by atoms with Gasteiger partial charge in [0.2, 0.25) is 11.8 Å². The van der Waals surface area contributed by atoms with Crippen LogP contribution in [0.4, 0.5) is 4.39 Å². The van der Waals surface area contributed by atoms with Crippen molar-refractivity contribution in [3.05, 3.63) is 59.4 Å². The van der Waals surface area contributed by atoms with Gasteiger partial charge in [-0.25, -0.2) is 4.39 Å². The molecule has 1 saturated carbocycles. The Labute approximate surface area is 228 Å². The van der Waals surface area contributed by atoms with Gasteiger partial charge >= 0.3 is 0 Å². The predicted molar refractivity (Wildman–Crippen MR) is 144 cm³/mol. The normalized spacial score (nSPS) is 22.0. The fourth-order valence-electron chi connectivity index (χ4n) is 5.88. The first-order valence-electron chi connectivity index (χ1n) is 13.6. The van der Waals surface area contributed by atoms with Gasteiger partial charge < -0.3 is 19.7 Å². The second-order valence-corrected chi connectivity index (χ2v) is 10.3. The van der Waals surface area contributed by atoms with Gasteiger partial charge in [-0.05, 0) is 54.7 Å². The molecule has 10 heteroatoms. The van der Waals surface area contributed by atoms with Gasteiger partial charge in [-0.15, -0.1) is 0 Å². The summed E-state index contributed by atoms with van der Waals surface area (Å²) in [5.74, 6) is 1.81. The third-order valence-corrected chi connectivity index (χ3v) is 7.88. The third-order valence-electron chi connectivity index (χ3n) is 7.88. The highest BCUT2D eigenvalue weighted by atomic mass is 19.1. The first-order chi connectivity index (χ1) is 19.0. The summed E-state index contributed by atoms with van der Waals surface area (Å²) in [6, 6.07) is 12.1. The van der Waals surface area contributed by atoms with Gasteiger partial charge in [-0.1, -0.05) is 31.0 Å². The summed E-state index contributed by atoms with van der Waals surface area (Å²) in [6.45, 7) is 0.881. The maximum Gasteiger partial charge on any atom is 0.231 e. The molecule has 1 saturated heterocycles. The van der Waals surface area contributed by atoms with E-state index >= 15 is 0 Å². The van der Waals surface area contributed by atoms with E-state index < -0.39 is 6.29 Å². The molecule has 3 atom stereocenters. The van der Waals surface area contributed by atoms with E-state index in [4.69, 9.17) is 9.47 Å². The van der Waals surface area contributed by atoms with E-state index in [1.54, 1.807) is 31.3 Å². The molecular weight excluding hydrogens is 501 g/mol. The lowest BCUT2D eigenvalue weighted by Gasteiger charge is -2.50. The summed E-state index contributed by atoms with van der Waals surface area (Å²) in [7, 11) is 3.20. The number of halogens is 1. The van der Waals surface area contributed by atoms with Crippen molar-refractivity contribution in [3.63, 3.8) is 0 Å². The minimum Gasteiger partial charge on any atom is -0.493 e. The van der Waals surface area contributed by atoms with E-state index in [9.17, 15) is 14.0 Å². The lowest BCUT2D eigenvalue weighted by molar-refractivity contribution is -0.156. The lowest BCUT2D eigenvalue weighted by Crippen LogP contribution is -2.67. The molecule has 5 rings (SSSR count). The zero-order chi connectivity index (χ0) is 27.4.